The van der Waals surface area contributed by atoms with Crippen LogP contribution < -0.4 is 0 Å². The first-order valence-electron chi connectivity index (χ1n) is 9.94. The number of aryl methyl sites for hydroxylation is 2. The number of nitrogens with zero attached hydrogens (tertiary/aromatic N) is 4. The van der Waals surface area contributed by atoms with Crippen LogP contribution in [0.1, 0.15) is 47.8 Å². The third kappa shape index (κ3) is 3.81. The molecule has 0 N–H and O–H groups in total. The quantitative estimate of drug-likeness (QED) is 0.665. The molecule has 152 valence electrons. The summed E-state index contributed by atoms with van der Waals surface area (Å²) in [4.78, 5) is 15.0. The third-order valence-electron chi connectivity index (χ3n) is 5.64. The summed E-state index contributed by atoms with van der Waals surface area (Å²) in [5.74, 6) is 0.366. The highest BCUT2D eigenvalue weighted by atomic mass is 19.1. The Labute approximate surface area is 169 Å². The van der Waals surface area contributed by atoms with Crippen molar-refractivity contribution in [3.05, 3.63) is 58.8 Å². The van der Waals surface area contributed by atoms with E-state index in [4.69, 9.17) is 4.52 Å². The van der Waals surface area contributed by atoms with Crippen molar-refractivity contribution in [2.75, 3.05) is 6.54 Å². The van der Waals surface area contributed by atoms with E-state index in [1.165, 1.54) is 12.1 Å². The van der Waals surface area contributed by atoms with Crippen molar-refractivity contribution in [2.45, 2.75) is 45.6 Å². The van der Waals surface area contributed by atoms with E-state index >= 15 is 0 Å². The molecule has 0 spiro atoms. The number of hydrogen-bond acceptors (Lipinski definition) is 4. The summed E-state index contributed by atoms with van der Waals surface area (Å²) < 4.78 is 20.9. The molecule has 0 unspecified atom stereocenters. The molecule has 0 radical (unpaired) electrons. The Bertz CT molecular complexity index is 1040. The van der Waals surface area contributed by atoms with Crippen LogP contribution in [0.3, 0.4) is 0 Å². The largest absolute Gasteiger partial charge is 0.356 e. The highest BCUT2D eigenvalue weighted by Gasteiger charge is 2.33. The van der Waals surface area contributed by atoms with Gasteiger partial charge in [0.05, 0.1) is 29.4 Å². The van der Waals surface area contributed by atoms with Crippen molar-refractivity contribution in [2.24, 2.45) is 7.05 Å². The fourth-order valence-corrected chi connectivity index (χ4v) is 4.03. The van der Waals surface area contributed by atoms with Crippen molar-refractivity contribution < 1.29 is 13.7 Å². The number of aromatic nitrogens is 3. The van der Waals surface area contributed by atoms with Gasteiger partial charge in [-0.15, -0.1) is 0 Å². The Balaban J connectivity index is 1.66. The lowest BCUT2D eigenvalue weighted by molar-refractivity contribution is -0.134. The molecule has 1 atom stereocenters. The number of piperidine rings is 1. The van der Waals surface area contributed by atoms with Crippen LogP contribution in [0.2, 0.25) is 0 Å². The van der Waals surface area contributed by atoms with Crippen LogP contribution in [0.15, 0.2) is 35.0 Å². The van der Waals surface area contributed by atoms with Crippen molar-refractivity contribution in [1.82, 2.24) is 19.8 Å². The van der Waals surface area contributed by atoms with Crippen LogP contribution >= 0.6 is 0 Å². The molecule has 4 rings (SSSR count). The van der Waals surface area contributed by atoms with Gasteiger partial charge in [0.25, 0.3) is 0 Å². The lowest BCUT2D eigenvalue weighted by Gasteiger charge is -2.35. The minimum Gasteiger partial charge on any atom is -0.356 e. The van der Waals surface area contributed by atoms with Crippen molar-refractivity contribution in [3.8, 4) is 11.3 Å². The topological polar surface area (TPSA) is 64.2 Å². The summed E-state index contributed by atoms with van der Waals surface area (Å²) in [6.45, 7) is 4.56. The third-order valence-corrected chi connectivity index (χ3v) is 5.64. The molecule has 3 heterocycles. The van der Waals surface area contributed by atoms with Gasteiger partial charge in [0.2, 0.25) is 5.91 Å². The zero-order chi connectivity index (χ0) is 20.5. The summed E-state index contributed by atoms with van der Waals surface area (Å²) >= 11 is 0. The van der Waals surface area contributed by atoms with E-state index < -0.39 is 0 Å². The Morgan fingerprint density at radius 3 is 2.86 bits per heavy atom. The van der Waals surface area contributed by atoms with Gasteiger partial charge in [0.1, 0.15) is 5.82 Å². The zero-order valence-electron chi connectivity index (χ0n) is 17.0. The molecule has 0 saturated carbocycles. The van der Waals surface area contributed by atoms with Gasteiger partial charge in [0, 0.05) is 25.4 Å². The highest BCUT2D eigenvalue weighted by Crippen LogP contribution is 2.37. The zero-order valence-corrected chi connectivity index (χ0v) is 17.0. The first-order valence-corrected chi connectivity index (χ1v) is 9.94. The average Bonchev–Trinajstić information content (AvgIpc) is 3.24. The molecule has 7 heteroatoms. The van der Waals surface area contributed by atoms with E-state index in [0.717, 1.165) is 41.8 Å². The maximum absolute atomic E-state index is 13.5. The molecule has 29 heavy (non-hydrogen) atoms. The average molecular weight is 396 g/mol. The number of hydrogen-bond donors (Lipinski definition) is 0. The number of halogens is 1. The molecular formula is C22H25FN4O2. The van der Waals surface area contributed by atoms with Gasteiger partial charge >= 0.3 is 0 Å². The minimum absolute atomic E-state index is 0.0117. The molecule has 3 aromatic rings. The summed E-state index contributed by atoms with van der Waals surface area (Å²) in [6, 6.07) is 6.10. The van der Waals surface area contributed by atoms with Gasteiger partial charge in [-0.2, -0.15) is 5.10 Å². The molecule has 1 fully saturated rings. The van der Waals surface area contributed by atoms with Gasteiger partial charge in [-0.25, -0.2) is 4.39 Å². The molecule has 1 aliphatic heterocycles. The van der Waals surface area contributed by atoms with E-state index in [2.05, 4.69) is 10.3 Å². The van der Waals surface area contributed by atoms with E-state index in [-0.39, 0.29) is 24.2 Å². The van der Waals surface area contributed by atoms with Crippen LogP contribution in [-0.2, 0) is 18.3 Å². The maximum atomic E-state index is 13.5. The van der Waals surface area contributed by atoms with E-state index in [1.54, 1.807) is 16.8 Å². The molecule has 1 aromatic carbocycles. The van der Waals surface area contributed by atoms with Crippen LogP contribution in [0, 0.1) is 19.7 Å². The van der Waals surface area contributed by atoms with Gasteiger partial charge in [-0.1, -0.05) is 17.3 Å². The monoisotopic (exact) mass is 396 g/mol. The highest BCUT2D eigenvalue weighted by molar-refractivity contribution is 5.80. The molecule has 2 aromatic heterocycles. The lowest BCUT2D eigenvalue weighted by Crippen LogP contribution is -2.39. The molecule has 1 amide bonds. The fourth-order valence-electron chi connectivity index (χ4n) is 4.03. The van der Waals surface area contributed by atoms with Crippen LogP contribution in [0.4, 0.5) is 4.39 Å². The minimum atomic E-state index is -0.325. The van der Waals surface area contributed by atoms with Crippen molar-refractivity contribution in [3.63, 3.8) is 0 Å². The maximum Gasteiger partial charge on any atom is 0.227 e. The summed E-state index contributed by atoms with van der Waals surface area (Å²) in [6.07, 6.45) is 4.92. The normalized spacial score (nSPS) is 17.0. The van der Waals surface area contributed by atoms with Crippen LogP contribution in [0.25, 0.3) is 11.3 Å². The van der Waals surface area contributed by atoms with E-state index in [0.29, 0.717) is 17.9 Å². The lowest BCUT2D eigenvalue weighted by atomic mass is 9.94. The van der Waals surface area contributed by atoms with Crippen molar-refractivity contribution in [1.29, 1.82) is 0 Å². The van der Waals surface area contributed by atoms with Gasteiger partial charge in [0.15, 0.2) is 5.76 Å². The second-order valence-corrected chi connectivity index (χ2v) is 7.73. The van der Waals surface area contributed by atoms with E-state index in [9.17, 15) is 9.18 Å². The first-order chi connectivity index (χ1) is 13.9. The molecule has 1 saturated heterocycles. The van der Waals surface area contributed by atoms with E-state index in [1.807, 2.05) is 32.0 Å². The predicted molar refractivity (Wildman–Crippen MR) is 107 cm³/mol. The number of benzene rings is 1. The van der Waals surface area contributed by atoms with Crippen LogP contribution in [0.5, 0.6) is 0 Å². The number of amides is 1. The molecule has 6 nitrogen and oxygen atoms in total. The molecule has 0 aliphatic carbocycles. The van der Waals surface area contributed by atoms with Gasteiger partial charge in [-0.3, -0.25) is 9.48 Å². The fraction of sp³-hybridized carbons (Fsp3) is 0.409. The predicted octanol–water partition coefficient (Wildman–Crippen LogP) is 4.13. The van der Waals surface area contributed by atoms with Gasteiger partial charge in [-0.05, 0) is 50.8 Å². The summed E-state index contributed by atoms with van der Waals surface area (Å²) in [5, 5.41) is 8.77. The number of carbonyl (C=O) groups excluding carboxylic acids is 1. The molecule has 1 aliphatic rings. The Hall–Kier alpha value is -2.96. The number of likely N-dealkylation sites (tertiary alicyclic amines) is 1. The second-order valence-electron chi connectivity index (χ2n) is 7.73. The number of rotatable bonds is 4. The molecular weight excluding hydrogens is 371 g/mol. The Kier molecular flexibility index (Phi) is 5.22. The summed E-state index contributed by atoms with van der Waals surface area (Å²) in [7, 11) is 1.87. The summed E-state index contributed by atoms with van der Waals surface area (Å²) in [5.41, 5.74) is 4.22. The SMILES string of the molecule is Cc1noc(-c2cn(C)nc2[C@H]2CCCCN2C(=O)Cc2cccc(F)c2)c1C. The first kappa shape index (κ1) is 19.4. The standard InChI is InChI=1S/C22H25FN4O2/c1-14-15(2)25-29-22(14)18-13-26(3)24-21(18)19-9-4-5-10-27(19)20(28)12-16-7-6-8-17(23)11-16/h6-8,11,13,19H,4-5,9-10,12H2,1-3H3/t19-/m1/s1. The van der Waals surface area contributed by atoms with Crippen molar-refractivity contribution >= 4 is 5.91 Å². The second kappa shape index (κ2) is 7.81. The smallest absolute Gasteiger partial charge is 0.227 e. The van der Waals surface area contributed by atoms with Crippen LogP contribution in [-0.4, -0.2) is 32.3 Å². The number of carbonyl (C=O) groups is 1. The molecule has 0 bridgehead atoms. The Morgan fingerprint density at radius 2 is 2.14 bits per heavy atom. The van der Waals surface area contributed by atoms with Gasteiger partial charge < -0.3 is 9.42 Å². The Morgan fingerprint density at radius 1 is 1.31 bits per heavy atom.